The van der Waals surface area contributed by atoms with Gasteiger partial charge in [0.05, 0.1) is 10.9 Å². The SMILES string of the molecule is CC(=O)Nc1ccc2[nH]c(=O)n([C@H]3CC[C@H](C(C)(C)C)CC3)c(=O)c2c1. The zero-order valence-corrected chi connectivity index (χ0v) is 15.9. The van der Waals surface area contributed by atoms with Gasteiger partial charge >= 0.3 is 5.69 Å². The molecule has 1 aliphatic rings. The van der Waals surface area contributed by atoms with Crippen LogP contribution in [0.3, 0.4) is 0 Å². The van der Waals surface area contributed by atoms with Gasteiger partial charge in [0.2, 0.25) is 5.91 Å². The number of carbonyl (C=O) groups excluding carboxylic acids is 1. The Kier molecular flexibility index (Phi) is 4.78. The van der Waals surface area contributed by atoms with Crippen molar-refractivity contribution in [2.75, 3.05) is 5.32 Å². The minimum atomic E-state index is -0.353. The van der Waals surface area contributed by atoms with Gasteiger partial charge in [-0.2, -0.15) is 0 Å². The molecule has 0 spiro atoms. The maximum absolute atomic E-state index is 13.0. The monoisotopic (exact) mass is 357 g/mol. The first-order valence-corrected chi connectivity index (χ1v) is 9.23. The van der Waals surface area contributed by atoms with Gasteiger partial charge in [-0.1, -0.05) is 20.8 Å². The molecule has 1 fully saturated rings. The summed E-state index contributed by atoms with van der Waals surface area (Å²) in [5, 5.41) is 3.11. The first-order chi connectivity index (χ1) is 12.2. The Labute approximate surface area is 152 Å². The third-order valence-corrected chi connectivity index (χ3v) is 5.54. The Balaban J connectivity index is 1.97. The standard InChI is InChI=1S/C20H27N3O3/c1-12(24)21-14-7-10-17-16(11-14)18(25)23(19(26)22-17)15-8-5-13(6-9-15)20(2,3)4/h7,10-11,13,15H,5-6,8-9H2,1-4H3,(H,21,24)(H,22,26)/t13-,15-. The summed E-state index contributed by atoms with van der Waals surface area (Å²) < 4.78 is 1.37. The number of nitrogens with one attached hydrogen (secondary N) is 2. The quantitative estimate of drug-likeness (QED) is 0.864. The van der Waals surface area contributed by atoms with E-state index < -0.39 is 0 Å². The van der Waals surface area contributed by atoms with Crippen molar-refractivity contribution in [2.24, 2.45) is 11.3 Å². The van der Waals surface area contributed by atoms with Crippen LogP contribution in [0.15, 0.2) is 27.8 Å². The normalized spacial score (nSPS) is 20.9. The van der Waals surface area contributed by atoms with Crippen LogP contribution in [0.1, 0.15) is 59.4 Å². The Morgan fingerprint density at radius 2 is 1.81 bits per heavy atom. The number of carbonyl (C=O) groups is 1. The molecular weight excluding hydrogens is 330 g/mol. The average Bonchev–Trinajstić information content (AvgIpc) is 2.55. The summed E-state index contributed by atoms with van der Waals surface area (Å²) in [4.78, 5) is 39.6. The molecule has 3 rings (SSSR count). The van der Waals surface area contributed by atoms with Crippen LogP contribution < -0.4 is 16.6 Å². The van der Waals surface area contributed by atoms with Crippen LogP contribution in [0.4, 0.5) is 5.69 Å². The molecule has 6 nitrogen and oxygen atoms in total. The summed E-state index contributed by atoms with van der Waals surface area (Å²) in [5.74, 6) is 0.412. The van der Waals surface area contributed by atoms with Crippen molar-refractivity contribution in [1.82, 2.24) is 9.55 Å². The zero-order valence-electron chi connectivity index (χ0n) is 15.9. The molecule has 0 atom stereocenters. The number of amides is 1. The fraction of sp³-hybridized carbons (Fsp3) is 0.550. The largest absolute Gasteiger partial charge is 0.329 e. The highest BCUT2D eigenvalue weighted by atomic mass is 16.2. The molecule has 1 saturated carbocycles. The third-order valence-electron chi connectivity index (χ3n) is 5.54. The van der Waals surface area contributed by atoms with E-state index in [1.165, 1.54) is 11.5 Å². The van der Waals surface area contributed by atoms with Crippen LogP contribution in [-0.4, -0.2) is 15.5 Å². The highest BCUT2D eigenvalue weighted by Gasteiger charge is 2.31. The Hall–Kier alpha value is -2.37. The molecule has 2 aromatic rings. The van der Waals surface area contributed by atoms with Crippen LogP contribution in [-0.2, 0) is 4.79 Å². The van der Waals surface area contributed by atoms with Crippen molar-refractivity contribution in [2.45, 2.75) is 59.4 Å². The van der Waals surface area contributed by atoms with E-state index in [9.17, 15) is 14.4 Å². The zero-order chi connectivity index (χ0) is 19.1. The number of anilines is 1. The lowest BCUT2D eigenvalue weighted by Crippen LogP contribution is -2.40. The van der Waals surface area contributed by atoms with Crippen molar-refractivity contribution in [3.8, 4) is 0 Å². The molecule has 1 heterocycles. The summed E-state index contributed by atoms with van der Waals surface area (Å²) in [6.07, 6.45) is 3.71. The molecule has 0 saturated heterocycles. The second-order valence-corrected chi connectivity index (χ2v) is 8.42. The molecule has 1 aromatic heterocycles. The predicted octanol–water partition coefficient (Wildman–Crippen LogP) is 3.43. The maximum Gasteiger partial charge on any atom is 0.329 e. The van der Waals surface area contributed by atoms with E-state index in [1.54, 1.807) is 18.2 Å². The van der Waals surface area contributed by atoms with E-state index in [4.69, 9.17) is 0 Å². The molecule has 26 heavy (non-hydrogen) atoms. The van der Waals surface area contributed by atoms with Gasteiger partial charge < -0.3 is 10.3 Å². The summed E-state index contributed by atoms with van der Waals surface area (Å²) >= 11 is 0. The molecule has 0 aliphatic heterocycles. The van der Waals surface area contributed by atoms with Gasteiger partial charge in [0.1, 0.15) is 0 Å². The lowest BCUT2D eigenvalue weighted by atomic mass is 9.71. The number of benzene rings is 1. The molecule has 1 aliphatic carbocycles. The Morgan fingerprint density at radius 3 is 2.38 bits per heavy atom. The fourth-order valence-corrected chi connectivity index (χ4v) is 4.04. The van der Waals surface area contributed by atoms with Gasteiger partial charge in [-0.05, 0) is 55.2 Å². The molecule has 1 aromatic carbocycles. The number of rotatable bonds is 2. The minimum Gasteiger partial charge on any atom is -0.326 e. The number of H-pyrrole nitrogens is 1. The van der Waals surface area contributed by atoms with Crippen LogP contribution in [0.5, 0.6) is 0 Å². The van der Waals surface area contributed by atoms with E-state index in [2.05, 4.69) is 31.1 Å². The number of nitrogens with zero attached hydrogens (tertiary/aromatic N) is 1. The topological polar surface area (TPSA) is 84.0 Å². The van der Waals surface area contributed by atoms with E-state index in [0.29, 0.717) is 22.5 Å². The minimum absolute atomic E-state index is 0.0707. The Morgan fingerprint density at radius 1 is 1.15 bits per heavy atom. The number of fused-ring (bicyclic) bond motifs is 1. The first-order valence-electron chi connectivity index (χ1n) is 9.23. The molecule has 1 amide bonds. The number of aromatic amines is 1. The first kappa shape index (κ1) is 18.4. The van der Waals surface area contributed by atoms with E-state index in [0.717, 1.165) is 25.7 Å². The maximum atomic E-state index is 13.0. The van der Waals surface area contributed by atoms with Crippen molar-refractivity contribution >= 4 is 22.5 Å². The van der Waals surface area contributed by atoms with Gasteiger partial charge in [0.15, 0.2) is 0 Å². The van der Waals surface area contributed by atoms with Crippen LogP contribution in [0.2, 0.25) is 0 Å². The molecule has 0 unspecified atom stereocenters. The number of hydrogen-bond donors (Lipinski definition) is 2. The van der Waals surface area contributed by atoms with Crippen LogP contribution >= 0.6 is 0 Å². The lowest BCUT2D eigenvalue weighted by Gasteiger charge is -2.37. The van der Waals surface area contributed by atoms with Gasteiger partial charge in [0.25, 0.3) is 5.56 Å². The average molecular weight is 357 g/mol. The molecule has 2 N–H and O–H groups in total. The van der Waals surface area contributed by atoms with Gasteiger partial charge in [0, 0.05) is 18.7 Å². The molecule has 0 bridgehead atoms. The molecule has 6 heteroatoms. The van der Waals surface area contributed by atoms with E-state index in [-0.39, 0.29) is 28.6 Å². The van der Waals surface area contributed by atoms with Crippen molar-refractivity contribution in [1.29, 1.82) is 0 Å². The van der Waals surface area contributed by atoms with Gasteiger partial charge in [-0.3, -0.25) is 14.2 Å². The van der Waals surface area contributed by atoms with Crippen molar-refractivity contribution in [3.63, 3.8) is 0 Å². The Bertz CT molecular complexity index is 941. The van der Waals surface area contributed by atoms with E-state index >= 15 is 0 Å². The molecule has 140 valence electrons. The summed E-state index contributed by atoms with van der Waals surface area (Å²) in [7, 11) is 0. The van der Waals surface area contributed by atoms with Crippen molar-refractivity contribution in [3.05, 3.63) is 39.0 Å². The number of aromatic nitrogens is 2. The second-order valence-electron chi connectivity index (χ2n) is 8.42. The third kappa shape index (κ3) is 3.59. The second kappa shape index (κ2) is 6.74. The highest BCUT2D eigenvalue weighted by Crippen LogP contribution is 2.40. The smallest absolute Gasteiger partial charge is 0.326 e. The molecule has 0 radical (unpaired) electrons. The predicted molar refractivity (Wildman–Crippen MR) is 104 cm³/mol. The van der Waals surface area contributed by atoms with Crippen LogP contribution in [0, 0.1) is 11.3 Å². The van der Waals surface area contributed by atoms with Crippen molar-refractivity contribution < 1.29 is 4.79 Å². The van der Waals surface area contributed by atoms with Gasteiger partial charge in [-0.25, -0.2) is 4.79 Å². The molecular formula is C20H27N3O3. The lowest BCUT2D eigenvalue weighted by molar-refractivity contribution is -0.114. The summed E-state index contributed by atoms with van der Waals surface area (Å²) in [5.41, 5.74) is 0.661. The van der Waals surface area contributed by atoms with Gasteiger partial charge in [-0.15, -0.1) is 0 Å². The summed E-state index contributed by atoms with van der Waals surface area (Å²) in [6, 6.07) is 4.90. The van der Waals surface area contributed by atoms with E-state index in [1.807, 2.05) is 0 Å². The number of hydrogen-bond acceptors (Lipinski definition) is 3. The summed E-state index contributed by atoms with van der Waals surface area (Å²) in [6.45, 7) is 8.16. The fourth-order valence-electron chi connectivity index (χ4n) is 4.04. The highest BCUT2D eigenvalue weighted by molar-refractivity contribution is 5.91. The van der Waals surface area contributed by atoms with Crippen LogP contribution in [0.25, 0.3) is 10.9 Å².